The van der Waals surface area contributed by atoms with Gasteiger partial charge in [0.15, 0.2) is 11.0 Å². The molecule has 28 heavy (non-hydrogen) atoms. The zero-order chi connectivity index (χ0) is 19.3. The average Bonchev–Trinajstić information content (AvgIpc) is 3.44. The molecule has 146 valence electrons. The van der Waals surface area contributed by atoms with Crippen LogP contribution in [0.4, 0.5) is 5.69 Å². The molecule has 0 radical (unpaired) electrons. The Bertz CT molecular complexity index is 916. The molecule has 1 aromatic carbocycles. The summed E-state index contributed by atoms with van der Waals surface area (Å²) in [6.07, 6.45) is 2.30. The molecule has 1 N–H and O–H groups in total. The van der Waals surface area contributed by atoms with Crippen molar-refractivity contribution in [3.05, 3.63) is 47.3 Å². The summed E-state index contributed by atoms with van der Waals surface area (Å²) in [6, 6.07) is 11.8. The fourth-order valence-electron chi connectivity index (χ4n) is 3.10. The normalized spacial score (nSPS) is 16.4. The number of amides is 1. The Hall–Kier alpha value is -2.16. The van der Waals surface area contributed by atoms with E-state index in [9.17, 15) is 4.79 Å². The van der Waals surface area contributed by atoms with E-state index in [1.54, 1.807) is 11.3 Å². The lowest BCUT2D eigenvalue weighted by molar-refractivity contribution is -0.113. The number of aryl methyl sites for hydroxylation is 1. The van der Waals surface area contributed by atoms with Gasteiger partial charge in [-0.05, 0) is 43.3 Å². The second-order valence-corrected chi connectivity index (χ2v) is 8.62. The highest BCUT2D eigenvalue weighted by molar-refractivity contribution is 7.99. The van der Waals surface area contributed by atoms with Crippen molar-refractivity contribution >= 4 is 34.7 Å². The number of anilines is 1. The maximum Gasteiger partial charge on any atom is 0.234 e. The van der Waals surface area contributed by atoms with Crippen molar-refractivity contribution in [3.63, 3.8) is 0 Å². The molecule has 0 bridgehead atoms. The molecule has 0 aliphatic carbocycles. The molecular formula is C20H22N4O2S2. The number of carbonyl (C=O) groups excluding carboxylic acids is 1. The minimum Gasteiger partial charge on any atom is -0.376 e. The van der Waals surface area contributed by atoms with E-state index in [1.165, 1.54) is 11.8 Å². The number of carbonyl (C=O) groups is 1. The van der Waals surface area contributed by atoms with E-state index in [2.05, 4.69) is 20.1 Å². The summed E-state index contributed by atoms with van der Waals surface area (Å²) >= 11 is 3.04. The first-order valence-electron chi connectivity index (χ1n) is 9.27. The molecule has 0 unspecified atom stereocenters. The summed E-state index contributed by atoms with van der Waals surface area (Å²) in [4.78, 5) is 13.4. The minimum absolute atomic E-state index is 0.0572. The molecule has 8 heteroatoms. The van der Waals surface area contributed by atoms with Crippen LogP contribution in [0.25, 0.3) is 10.7 Å². The molecule has 1 aliphatic heterocycles. The fourth-order valence-corrected chi connectivity index (χ4v) is 4.57. The van der Waals surface area contributed by atoms with Crippen molar-refractivity contribution in [2.75, 3.05) is 17.7 Å². The van der Waals surface area contributed by atoms with E-state index in [1.807, 2.05) is 48.7 Å². The zero-order valence-electron chi connectivity index (χ0n) is 15.6. The van der Waals surface area contributed by atoms with E-state index < -0.39 is 0 Å². The van der Waals surface area contributed by atoms with Gasteiger partial charge in [0.05, 0.1) is 23.3 Å². The van der Waals surface area contributed by atoms with Gasteiger partial charge in [0, 0.05) is 12.3 Å². The van der Waals surface area contributed by atoms with E-state index in [0.29, 0.717) is 6.54 Å². The van der Waals surface area contributed by atoms with Gasteiger partial charge in [-0.2, -0.15) is 0 Å². The largest absolute Gasteiger partial charge is 0.376 e. The van der Waals surface area contributed by atoms with Gasteiger partial charge in [-0.25, -0.2) is 0 Å². The van der Waals surface area contributed by atoms with Gasteiger partial charge in [-0.15, -0.1) is 21.5 Å². The summed E-state index contributed by atoms with van der Waals surface area (Å²) in [5.41, 5.74) is 1.96. The number of hydrogen-bond acceptors (Lipinski definition) is 6. The fraction of sp³-hybridized carbons (Fsp3) is 0.350. The van der Waals surface area contributed by atoms with Crippen LogP contribution in [-0.4, -0.2) is 39.1 Å². The molecule has 1 amide bonds. The topological polar surface area (TPSA) is 69.0 Å². The molecule has 3 heterocycles. The molecule has 1 fully saturated rings. The highest BCUT2D eigenvalue weighted by Gasteiger charge is 2.22. The van der Waals surface area contributed by atoms with Crippen LogP contribution in [0.1, 0.15) is 18.4 Å². The molecule has 1 atom stereocenters. The molecule has 1 aliphatic rings. The number of thiophene rings is 1. The van der Waals surface area contributed by atoms with Crippen molar-refractivity contribution < 1.29 is 9.53 Å². The van der Waals surface area contributed by atoms with Crippen molar-refractivity contribution in [1.29, 1.82) is 0 Å². The number of hydrogen-bond donors (Lipinski definition) is 1. The van der Waals surface area contributed by atoms with Crippen molar-refractivity contribution in [3.8, 4) is 10.7 Å². The summed E-state index contributed by atoms with van der Waals surface area (Å²) in [5, 5.41) is 14.4. The summed E-state index contributed by atoms with van der Waals surface area (Å²) in [6.45, 7) is 3.54. The third kappa shape index (κ3) is 4.63. The highest BCUT2D eigenvalue weighted by Crippen LogP contribution is 2.29. The lowest BCUT2D eigenvalue weighted by Gasteiger charge is -2.14. The van der Waals surface area contributed by atoms with Gasteiger partial charge in [0.2, 0.25) is 5.91 Å². The predicted molar refractivity (Wildman–Crippen MR) is 113 cm³/mol. The first kappa shape index (κ1) is 19.2. The third-order valence-corrected chi connectivity index (χ3v) is 6.37. The summed E-state index contributed by atoms with van der Waals surface area (Å²) < 4.78 is 7.90. The van der Waals surface area contributed by atoms with Gasteiger partial charge in [0.25, 0.3) is 0 Å². The second kappa shape index (κ2) is 8.89. The average molecular weight is 415 g/mol. The first-order chi connectivity index (χ1) is 13.7. The van der Waals surface area contributed by atoms with Crippen LogP contribution in [0.15, 0.2) is 46.9 Å². The molecule has 0 spiro atoms. The standard InChI is InChI=1S/C20H22N4O2S2/c1-14-6-8-15(9-7-14)21-18(25)13-28-20-23-22-19(17-5-3-11-27-17)24(20)12-16-4-2-10-26-16/h3,5-9,11,16H,2,4,10,12-13H2,1H3,(H,21,25)/t16-/m1/s1. The molecular weight excluding hydrogens is 392 g/mol. The van der Waals surface area contributed by atoms with E-state index in [-0.39, 0.29) is 17.8 Å². The number of nitrogens with one attached hydrogen (secondary N) is 1. The highest BCUT2D eigenvalue weighted by atomic mass is 32.2. The number of benzene rings is 1. The van der Waals surface area contributed by atoms with Crippen molar-refractivity contribution in [2.24, 2.45) is 0 Å². The number of nitrogens with zero attached hydrogens (tertiary/aromatic N) is 3. The number of aromatic nitrogens is 3. The monoisotopic (exact) mass is 414 g/mol. The Balaban J connectivity index is 1.45. The lowest BCUT2D eigenvalue weighted by atomic mass is 10.2. The Kier molecular flexibility index (Phi) is 6.09. The molecule has 2 aromatic heterocycles. The zero-order valence-corrected chi connectivity index (χ0v) is 17.3. The van der Waals surface area contributed by atoms with Crippen LogP contribution >= 0.6 is 23.1 Å². The molecule has 1 saturated heterocycles. The van der Waals surface area contributed by atoms with E-state index in [0.717, 1.165) is 46.6 Å². The number of thioether (sulfide) groups is 1. The van der Waals surface area contributed by atoms with Crippen LogP contribution in [-0.2, 0) is 16.1 Å². The van der Waals surface area contributed by atoms with Gasteiger partial charge in [0.1, 0.15) is 0 Å². The maximum absolute atomic E-state index is 12.3. The van der Waals surface area contributed by atoms with E-state index >= 15 is 0 Å². The lowest BCUT2D eigenvalue weighted by Crippen LogP contribution is -2.18. The maximum atomic E-state index is 12.3. The van der Waals surface area contributed by atoms with Gasteiger partial charge >= 0.3 is 0 Å². The van der Waals surface area contributed by atoms with Crippen LogP contribution in [0.2, 0.25) is 0 Å². The van der Waals surface area contributed by atoms with Crippen LogP contribution in [0.5, 0.6) is 0 Å². The number of ether oxygens (including phenoxy) is 1. The molecule has 0 saturated carbocycles. The minimum atomic E-state index is -0.0572. The second-order valence-electron chi connectivity index (χ2n) is 6.73. The van der Waals surface area contributed by atoms with Crippen LogP contribution in [0, 0.1) is 6.92 Å². The van der Waals surface area contributed by atoms with Gasteiger partial charge in [-0.1, -0.05) is 35.5 Å². The molecule has 6 nitrogen and oxygen atoms in total. The van der Waals surface area contributed by atoms with E-state index in [4.69, 9.17) is 4.74 Å². The Morgan fingerprint density at radius 3 is 2.89 bits per heavy atom. The molecule has 3 aromatic rings. The Labute approximate surface area is 172 Å². The first-order valence-corrected chi connectivity index (χ1v) is 11.1. The van der Waals surface area contributed by atoms with Crippen molar-refractivity contribution in [2.45, 2.75) is 37.6 Å². The number of rotatable bonds is 7. The SMILES string of the molecule is Cc1ccc(NC(=O)CSc2nnc(-c3cccs3)n2C[C@H]2CCCO2)cc1. The summed E-state index contributed by atoms with van der Waals surface area (Å²) in [7, 11) is 0. The van der Waals surface area contributed by atoms with Crippen LogP contribution < -0.4 is 5.32 Å². The predicted octanol–water partition coefficient (Wildman–Crippen LogP) is 4.22. The Morgan fingerprint density at radius 2 is 2.18 bits per heavy atom. The smallest absolute Gasteiger partial charge is 0.234 e. The summed E-state index contributed by atoms with van der Waals surface area (Å²) in [5.74, 6) is 1.06. The molecule has 4 rings (SSSR count). The quantitative estimate of drug-likeness (QED) is 0.586. The van der Waals surface area contributed by atoms with Crippen molar-refractivity contribution in [1.82, 2.24) is 14.8 Å². The van der Waals surface area contributed by atoms with Crippen LogP contribution in [0.3, 0.4) is 0 Å². The Morgan fingerprint density at radius 1 is 1.32 bits per heavy atom. The van der Waals surface area contributed by atoms with Gasteiger partial charge in [-0.3, -0.25) is 9.36 Å². The van der Waals surface area contributed by atoms with Gasteiger partial charge < -0.3 is 10.1 Å². The third-order valence-electron chi connectivity index (χ3n) is 4.54.